The van der Waals surface area contributed by atoms with Gasteiger partial charge in [-0.1, -0.05) is 133 Å². The maximum absolute atomic E-state index is 2.51. The lowest BCUT2D eigenvalue weighted by atomic mass is 10.0. The van der Waals surface area contributed by atoms with E-state index in [0.29, 0.717) is 0 Å². The molecule has 2 heterocycles. The summed E-state index contributed by atoms with van der Waals surface area (Å²) < 4.78 is 5.01. The summed E-state index contributed by atoms with van der Waals surface area (Å²) in [6.45, 7) is 0. The lowest BCUT2D eigenvalue weighted by Gasteiger charge is -2.29. The molecule has 0 aliphatic heterocycles. The van der Waals surface area contributed by atoms with Crippen molar-refractivity contribution in [2.45, 2.75) is 0 Å². The average molecular weight is 643 g/mol. The Labute approximate surface area is 288 Å². The van der Waals surface area contributed by atoms with E-state index >= 15 is 0 Å². The van der Waals surface area contributed by atoms with Crippen molar-refractivity contribution < 1.29 is 0 Å². The van der Waals surface area contributed by atoms with Crippen molar-refractivity contribution in [2.24, 2.45) is 0 Å². The van der Waals surface area contributed by atoms with Gasteiger partial charge >= 0.3 is 0 Å². The third-order valence-electron chi connectivity index (χ3n) is 9.76. The second kappa shape index (κ2) is 11.2. The number of benzene rings is 8. The van der Waals surface area contributed by atoms with E-state index in [1.54, 1.807) is 0 Å². The topological polar surface area (TPSA) is 8.17 Å². The van der Waals surface area contributed by atoms with Crippen LogP contribution in [0.3, 0.4) is 0 Å². The minimum Gasteiger partial charge on any atom is -0.309 e. The summed E-state index contributed by atoms with van der Waals surface area (Å²) in [6, 6.07) is 66.2. The van der Waals surface area contributed by atoms with Crippen LogP contribution in [0.15, 0.2) is 182 Å². The summed E-state index contributed by atoms with van der Waals surface area (Å²) >= 11 is 1.87. The molecule has 0 aliphatic carbocycles. The first-order chi connectivity index (χ1) is 24.3. The van der Waals surface area contributed by atoms with Crippen molar-refractivity contribution in [2.75, 3.05) is 4.90 Å². The molecule has 3 heteroatoms. The molecule has 0 radical (unpaired) electrons. The second-order valence-electron chi connectivity index (χ2n) is 12.5. The fourth-order valence-corrected chi connectivity index (χ4v) is 8.82. The van der Waals surface area contributed by atoms with Crippen LogP contribution in [0.1, 0.15) is 0 Å². The van der Waals surface area contributed by atoms with E-state index < -0.39 is 0 Å². The number of para-hydroxylation sites is 2. The Kier molecular flexibility index (Phi) is 6.39. The average Bonchev–Trinajstić information content (AvgIpc) is 3.72. The fraction of sp³-hybridized carbons (Fsp3) is 0. The molecule has 2 aromatic heterocycles. The van der Waals surface area contributed by atoms with Gasteiger partial charge in [-0.2, -0.15) is 0 Å². The van der Waals surface area contributed by atoms with Gasteiger partial charge in [-0.25, -0.2) is 0 Å². The van der Waals surface area contributed by atoms with Crippen LogP contribution in [-0.2, 0) is 0 Å². The molecule has 0 saturated heterocycles. The SMILES string of the molecule is c1ccc(-c2ccccc2N(c2cccc3c2sc2ccccc23)c2cccc3c2c2ccccc2n3-c2ccc3ccccc3c2)cc1. The van der Waals surface area contributed by atoms with Crippen LogP contribution >= 0.6 is 11.3 Å². The molecule has 10 rings (SSSR count). The van der Waals surface area contributed by atoms with Crippen molar-refractivity contribution in [3.63, 3.8) is 0 Å². The monoisotopic (exact) mass is 642 g/mol. The van der Waals surface area contributed by atoms with E-state index in [4.69, 9.17) is 0 Å². The first kappa shape index (κ1) is 27.9. The highest BCUT2D eigenvalue weighted by molar-refractivity contribution is 7.26. The number of anilines is 3. The van der Waals surface area contributed by atoms with Gasteiger partial charge in [-0.3, -0.25) is 0 Å². The molecule has 0 aliphatic rings. The van der Waals surface area contributed by atoms with Gasteiger partial charge in [0.25, 0.3) is 0 Å². The zero-order chi connectivity index (χ0) is 32.3. The number of fused-ring (bicyclic) bond motifs is 7. The molecule has 0 atom stereocenters. The minimum atomic E-state index is 1.15. The highest BCUT2D eigenvalue weighted by Crippen LogP contribution is 2.50. The van der Waals surface area contributed by atoms with Crippen LogP contribution in [0.5, 0.6) is 0 Å². The molecule has 0 N–H and O–H groups in total. The zero-order valence-corrected chi connectivity index (χ0v) is 27.4. The van der Waals surface area contributed by atoms with Crippen LogP contribution in [0.2, 0.25) is 0 Å². The molecule has 8 aromatic carbocycles. The lowest BCUT2D eigenvalue weighted by Crippen LogP contribution is -2.12. The summed E-state index contributed by atoms with van der Waals surface area (Å²) in [5, 5.41) is 7.52. The normalized spacial score (nSPS) is 11.7. The van der Waals surface area contributed by atoms with Crippen LogP contribution in [0.25, 0.3) is 69.6 Å². The predicted octanol–water partition coefficient (Wildman–Crippen LogP) is 13.4. The summed E-state index contributed by atoms with van der Waals surface area (Å²) in [5.74, 6) is 0. The van der Waals surface area contributed by atoms with E-state index in [1.807, 2.05) is 11.3 Å². The van der Waals surface area contributed by atoms with Gasteiger partial charge in [0.1, 0.15) is 0 Å². The number of hydrogen-bond acceptors (Lipinski definition) is 2. The summed E-state index contributed by atoms with van der Waals surface area (Å²) in [5.41, 5.74) is 9.39. The number of rotatable bonds is 5. The Morgan fingerprint density at radius 3 is 2.00 bits per heavy atom. The largest absolute Gasteiger partial charge is 0.309 e. The smallest absolute Gasteiger partial charge is 0.0640 e. The van der Waals surface area contributed by atoms with Crippen molar-refractivity contribution in [1.29, 1.82) is 0 Å². The molecule has 2 nitrogen and oxygen atoms in total. The minimum absolute atomic E-state index is 1.15. The van der Waals surface area contributed by atoms with Gasteiger partial charge in [0.05, 0.1) is 32.8 Å². The Balaban J connectivity index is 1.32. The molecule has 0 unspecified atom stereocenters. The molecule has 0 fully saturated rings. The fourth-order valence-electron chi connectivity index (χ4n) is 7.61. The molecule has 230 valence electrons. The molecule has 0 amide bonds. The zero-order valence-electron chi connectivity index (χ0n) is 26.6. The van der Waals surface area contributed by atoms with Crippen LogP contribution < -0.4 is 4.90 Å². The predicted molar refractivity (Wildman–Crippen MR) is 211 cm³/mol. The summed E-state index contributed by atoms with van der Waals surface area (Å²) in [4.78, 5) is 2.51. The summed E-state index contributed by atoms with van der Waals surface area (Å²) in [6.07, 6.45) is 0. The first-order valence-electron chi connectivity index (χ1n) is 16.7. The molecule has 0 bridgehead atoms. The van der Waals surface area contributed by atoms with Crippen molar-refractivity contribution in [1.82, 2.24) is 4.57 Å². The van der Waals surface area contributed by atoms with Crippen molar-refractivity contribution in [3.8, 4) is 16.8 Å². The highest BCUT2D eigenvalue weighted by Gasteiger charge is 2.25. The highest BCUT2D eigenvalue weighted by atomic mass is 32.1. The molecular formula is C46H30N2S. The van der Waals surface area contributed by atoms with Gasteiger partial charge in [-0.15, -0.1) is 11.3 Å². The number of hydrogen-bond donors (Lipinski definition) is 0. The molecule has 0 saturated carbocycles. The first-order valence-corrected chi connectivity index (χ1v) is 17.5. The van der Waals surface area contributed by atoms with Crippen LogP contribution in [0, 0.1) is 0 Å². The molecule has 49 heavy (non-hydrogen) atoms. The molecular weight excluding hydrogens is 613 g/mol. The van der Waals surface area contributed by atoms with Crippen LogP contribution in [0.4, 0.5) is 17.1 Å². The third kappa shape index (κ3) is 4.40. The number of nitrogens with zero attached hydrogens (tertiary/aromatic N) is 2. The van der Waals surface area contributed by atoms with Crippen molar-refractivity contribution >= 4 is 81.1 Å². The van der Waals surface area contributed by atoms with Crippen LogP contribution in [-0.4, -0.2) is 4.57 Å². The Morgan fingerprint density at radius 1 is 0.429 bits per heavy atom. The lowest BCUT2D eigenvalue weighted by molar-refractivity contribution is 1.18. The second-order valence-corrected chi connectivity index (χ2v) is 13.6. The van der Waals surface area contributed by atoms with Gasteiger partial charge in [-0.05, 0) is 64.9 Å². The van der Waals surface area contributed by atoms with E-state index in [9.17, 15) is 0 Å². The van der Waals surface area contributed by atoms with Crippen molar-refractivity contribution in [3.05, 3.63) is 182 Å². The third-order valence-corrected chi connectivity index (χ3v) is 11.0. The molecule has 10 aromatic rings. The quantitative estimate of drug-likeness (QED) is 0.181. The Bertz CT molecular complexity index is 2840. The van der Waals surface area contributed by atoms with E-state index in [2.05, 4.69) is 191 Å². The van der Waals surface area contributed by atoms with Gasteiger partial charge in [0.15, 0.2) is 0 Å². The van der Waals surface area contributed by atoms with E-state index in [1.165, 1.54) is 69.6 Å². The standard InChI is InChI=1S/C46H30N2S/c1-2-15-32(16-3-1)35-18-6-9-22-39(35)48(43-26-12-21-37-36-19-8-11-27-44(36)49-46(37)43)42-25-13-24-41-45(42)38-20-7-10-23-40(38)47(41)34-29-28-31-14-4-5-17-33(31)30-34/h1-30H. The number of aromatic nitrogens is 1. The molecule has 0 spiro atoms. The maximum atomic E-state index is 2.51. The van der Waals surface area contributed by atoms with E-state index in [-0.39, 0.29) is 0 Å². The van der Waals surface area contributed by atoms with Gasteiger partial charge < -0.3 is 9.47 Å². The van der Waals surface area contributed by atoms with E-state index in [0.717, 1.165) is 17.1 Å². The summed E-state index contributed by atoms with van der Waals surface area (Å²) in [7, 11) is 0. The Morgan fingerprint density at radius 2 is 1.08 bits per heavy atom. The number of thiophene rings is 1. The van der Waals surface area contributed by atoms with Gasteiger partial charge in [0.2, 0.25) is 0 Å². The van der Waals surface area contributed by atoms with Gasteiger partial charge in [0, 0.05) is 37.5 Å². The maximum Gasteiger partial charge on any atom is 0.0640 e. The Hall–Kier alpha value is -6.16.